The van der Waals surface area contributed by atoms with Crippen molar-refractivity contribution in [2.45, 2.75) is 97.5 Å². The summed E-state index contributed by atoms with van der Waals surface area (Å²) in [4.78, 5) is 65.2. The van der Waals surface area contributed by atoms with Gasteiger partial charge in [0, 0.05) is 0 Å². The largest absolute Gasteiger partial charge is 0.480 e. The van der Waals surface area contributed by atoms with E-state index in [1.807, 2.05) is 67.6 Å². The minimum absolute atomic E-state index is 0.00592. The summed E-state index contributed by atoms with van der Waals surface area (Å²) >= 11 is 0. The molecule has 3 aromatic rings. The van der Waals surface area contributed by atoms with Crippen molar-refractivity contribution in [3.63, 3.8) is 0 Å². The maximum atomic E-state index is 13.8. The number of hydrogen-bond donors (Lipinski definition) is 6. The van der Waals surface area contributed by atoms with Crippen molar-refractivity contribution in [3.05, 3.63) is 96.1 Å². The first-order chi connectivity index (χ1) is 25.2. The molecule has 53 heavy (non-hydrogen) atoms. The van der Waals surface area contributed by atoms with Gasteiger partial charge in [0.25, 0.3) is 0 Å². The van der Waals surface area contributed by atoms with E-state index in [-0.39, 0.29) is 36.5 Å². The average molecular weight is 731 g/mol. The molecule has 0 saturated heterocycles. The lowest BCUT2D eigenvalue weighted by molar-refractivity contribution is -0.143. The topological polar surface area (TPSA) is 183 Å². The monoisotopic (exact) mass is 730 g/mol. The molecule has 0 bridgehead atoms. The van der Waals surface area contributed by atoms with Crippen molar-refractivity contribution in [3.8, 4) is 11.5 Å². The van der Waals surface area contributed by atoms with Crippen molar-refractivity contribution in [1.29, 1.82) is 0 Å². The van der Waals surface area contributed by atoms with Crippen LogP contribution in [0.2, 0.25) is 0 Å². The number of para-hydroxylation sites is 1. The van der Waals surface area contributed by atoms with Gasteiger partial charge < -0.3 is 36.2 Å². The Bertz CT molecular complexity index is 1650. The van der Waals surface area contributed by atoms with Crippen LogP contribution in [0.1, 0.15) is 65.5 Å². The van der Waals surface area contributed by atoms with Gasteiger partial charge >= 0.3 is 5.97 Å². The number of nitrogens with one attached hydrogen (secondary N) is 4. The van der Waals surface area contributed by atoms with E-state index in [1.54, 1.807) is 58.9 Å². The van der Waals surface area contributed by atoms with Crippen LogP contribution in [0.5, 0.6) is 11.5 Å². The van der Waals surface area contributed by atoms with E-state index in [2.05, 4.69) is 21.3 Å². The van der Waals surface area contributed by atoms with Crippen LogP contribution >= 0.6 is 0 Å². The maximum absolute atomic E-state index is 13.8. The van der Waals surface area contributed by atoms with Crippen LogP contribution in [0, 0.1) is 17.8 Å². The van der Waals surface area contributed by atoms with E-state index in [0.717, 1.165) is 5.56 Å². The molecule has 6 N–H and O–H groups in total. The van der Waals surface area contributed by atoms with E-state index < -0.39 is 60.4 Å². The summed E-state index contributed by atoms with van der Waals surface area (Å²) in [5.74, 6) is -3.20. The lowest BCUT2D eigenvalue weighted by atomic mass is 9.95. The van der Waals surface area contributed by atoms with E-state index in [4.69, 9.17) is 4.74 Å². The Morgan fingerprint density at radius 3 is 1.77 bits per heavy atom. The first-order valence-electron chi connectivity index (χ1n) is 18.1. The number of carbonyl (C=O) groups is 5. The van der Waals surface area contributed by atoms with Gasteiger partial charge in [-0.1, -0.05) is 109 Å². The fraction of sp³-hybridized carbons (Fsp3) is 0.439. The van der Waals surface area contributed by atoms with Gasteiger partial charge in [-0.15, -0.1) is 0 Å². The normalized spacial score (nSPS) is 14.6. The Balaban J connectivity index is 1.72. The van der Waals surface area contributed by atoms with Gasteiger partial charge in [0.2, 0.25) is 23.6 Å². The second kappa shape index (κ2) is 20.7. The Morgan fingerprint density at radius 1 is 0.642 bits per heavy atom. The van der Waals surface area contributed by atoms with Gasteiger partial charge in [-0.3, -0.25) is 19.2 Å². The molecule has 0 fully saturated rings. The van der Waals surface area contributed by atoms with E-state index in [1.165, 1.54) is 0 Å². The van der Waals surface area contributed by atoms with Crippen LogP contribution in [0.15, 0.2) is 84.9 Å². The number of hydrogen-bond acceptors (Lipinski definition) is 7. The van der Waals surface area contributed by atoms with Gasteiger partial charge in [0.1, 0.15) is 29.6 Å². The zero-order chi connectivity index (χ0) is 39.1. The Labute approximate surface area is 312 Å². The molecule has 0 spiro atoms. The van der Waals surface area contributed by atoms with Crippen molar-refractivity contribution < 1.29 is 38.9 Å². The Morgan fingerprint density at radius 2 is 1.19 bits per heavy atom. The zero-order valence-corrected chi connectivity index (χ0v) is 31.4. The van der Waals surface area contributed by atoms with Crippen LogP contribution in [0.25, 0.3) is 0 Å². The maximum Gasteiger partial charge on any atom is 0.326 e. The molecule has 286 valence electrons. The molecule has 3 aromatic carbocycles. The van der Waals surface area contributed by atoms with E-state index >= 15 is 0 Å². The molecule has 12 nitrogen and oxygen atoms in total. The molecule has 3 rings (SSSR count). The van der Waals surface area contributed by atoms with Gasteiger partial charge in [-0.05, 0) is 59.6 Å². The molecule has 6 unspecified atom stereocenters. The van der Waals surface area contributed by atoms with Gasteiger partial charge in [0.05, 0.1) is 25.0 Å². The molecular formula is C41H54N4O8. The summed E-state index contributed by atoms with van der Waals surface area (Å²) in [6.45, 7) is 10.5. The fourth-order valence-electron chi connectivity index (χ4n) is 5.74. The highest BCUT2D eigenvalue weighted by Gasteiger charge is 2.34. The summed E-state index contributed by atoms with van der Waals surface area (Å²) in [6.07, 6.45) is -1.14. The third-order valence-electron chi connectivity index (χ3n) is 9.04. The van der Waals surface area contributed by atoms with Crippen LogP contribution in [-0.4, -0.2) is 70.1 Å². The first kappa shape index (κ1) is 42.2. The average Bonchev–Trinajstić information content (AvgIpc) is 3.11. The number of ether oxygens (including phenoxy) is 1. The number of amides is 4. The highest BCUT2D eigenvalue weighted by molar-refractivity contribution is 5.91. The number of rotatable bonds is 20. The highest BCUT2D eigenvalue weighted by atomic mass is 16.5. The Kier molecular flexibility index (Phi) is 16.5. The minimum atomic E-state index is -1.38. The molecule has 0 aliphatic carbocycles. The lowest BCUT2D eigenvalue weighted by Crippen LogP contribution is -2.57. The fourth-order valence-corrected chi connectivity index (χ4v) is 5.74. The highest BCUT2D eigenvalue weighted by Crippen LogP contribution is 2.22. The van der Waals surface area contributed by atoms with Crippen molar-refractivity contribution in [2.75, 3.05) is 0 Å². The van der Waals surface area contributed by atoms with E-state index in [0.29, 0.717) is 23.5 Å². The molecule has 0 saturated carbocycles. The first-order valence-corrected chi connectivity index (χ1v) is 18.1. The summed E-state index contributed by atoms with van der Waals surface area (Å²) in [5.41, 5.74) is 1.49. The number of benzene rings is 3. The molecule has 6 atom stereocenters. The summed E-state index contributed by atoms with van der Waals surface area (Å²) in [5, 5.41) is 31.9. The number of carbonyl (C=O) groups excluding carboxylic acids is 4. The number of carboxylic acids is 1. The standard InChI is InChI=1S/C41H54N4O8/c1-7-27(6)38(40(50)45-37(26(4)5)41(51)52)44-35(48)24-33(46)32(22-28-15-10-8-11-16-28)42-39(49)36(25(2)3)43-34(47)23-29-17-14-20-31(21-29)53-30-18-12-9-13-19-30/h8-21,25-27,32-33,36-38,46H,7,22-24H2,1-6H3,(H,42,49)(H,43,47)(H,44,48)(H,45,50)(H,51,52). The van der Waals surface area contributed by atoms with Crippen LogP contribution in [0.4, 0.5) is 0 Å². The predicted octanol–water partition coefficient (Wildman–Crippen LogP) is 4.40. The molecule has 12 heteroatoms. The van der Waals surface area contributed by atoms with Gasteiger partial charge in [-0.2, -0.15) is 0 Å². The number of carboxylic acid groups (broad SMARTS) is 1. The van der Waals surface area contributed by atoms with E-state index in [9.17, 15) is 34.2 Å². The number of aliphatic hydroxyl groups is 1. The quantitative estimate of drug-likeness (QED) is 0.0989. The molecule has 0 aliphatic rings. The van der Waals surface area contributed by atoms with Crippen molar-refractivity contribution in [2.24, 2.45) is 17.8 Å². The number of aliphatic carboxylic acids is 1. The van der Waals surface area contributed by atoms with Crippen molar-refractivity contribution >= 4 is 29.6 Å². The molecule has 0 aromatic heterocycles. The lowest BCUT2D eigenvalue weighted by Gasteiger charge is -2.30. The van der Waals surface area contributed by atoms with Gasteiger partial charge in [-0.25, -0.2) is 4.79 Å². The molecule has 4 amide bonds. The molecule has 0 aliphatic heterocycles. The van der Waals surface area contributed by atoms with Crippen LogP contribution in [-0.2, 0) is 36.8 Å². The smallest absolute Gasteiger partial charge is 0.326 e. The third-order valence-corrected chi connectivity index (χ3v) is 9.04. The van der Waals surface area contributed by atoms with Gasteiger partial charge in [0.15, 0.2) is 0 Å². The van der Waals surface area contributed by atoms with Crippen LogP contribution in [0.3, 0.4) is 0 Å². The second-order valence-corrected chi connectivity index (χ2v) is 14.1. The minimum Gasteiger partial charge on any atom is -0.480 e. The van der Waals surface area contributed by atoms with Crippen LogP contribution < -0.4 is 26.0 Å². The Hall–Kier alpha value is -5.23. The third kappa shape index (κ3) is 13.7. The zero-order valence-electron chi connectivity index (χ0n) is 31.4. The summed E-state index contributed by atoms with van der Waals surface area (Å²) < 4.78 is 5.89. The molecule has 0 heterocycles. The second-order valence-electron chi connectivity index (χ2n) is 14.1. The predicted molar refractivity (Wildman–Crippen MR) is 202 cm³/mol. The van der Waals surface area contributed by atoms with Crippen molar-refractivity contribution in [1.82, 2.24) is 21.3 Å². The molecular weight excluding hydrogens is 676 g/mol. The summed E-state index contributed by atoms with van der Waals surface area (Å²) in [7, 11) is 0. The molecule has 0 radical (unpaired) electrons. The number of aliphatic hydroxyl groups excluding tert-OH is 1. The summed E-state index contributed by atoms with van der Waals surface area (Å²) in [6, 6.07) is 21.5. The SMILES string of the molecule is CCC(C)C(NC(=O)CC(O)C(Cc1ccccc1)NC(=O)C(NC(=O)Cc1cccc(Oc2ccccc2)c1)C(C)C)C(=O)NC(C(=O)O)C(C)C.